The molecular formula is C23H19F3N2O2. The maximum atomic E-state index is 12.8. The molecule has 1 atom stereocenters. The molecule has 0 aliphatic rings. The highest BCUT2D eigenvalue weighted by atomic mass is 19.4. The molecule has 0 bridgehead atoms. The summed E-state index contributed by atoms with van der Waals surface area (Å²) >= 11 is 0. The molecule has 0 radical (unpaired) electrons. The summed E-state index contributed by atoms with van der Waals surface area (Å²) in [6.45, 7) is 0. The quantitative estimate of drug-likeness (QED) is 0.617. The summed E-state index contributed by atoms with van der Waals surface area (Å²) in [4.78, 5) is 25.4. The molecular weight excluding hydrogens is 393 g/mol. The lowest BCUT2D eigenvalue weighted by Crippen LogP contribution is -2.45. The largest absolute Gasteiger partial charge is 0.416 e. The second-order valence-electron chi connectivity index (χ2n) is 6.65. The molecule has 2 amide bonds. The Hall–Kier alpha value is -3.61. The Balaban J connectivity index is 1.76. The summed E-state index contributed by atoms with van der Waals surface area (Å²) in [5, 5.41) is 5.28. The molecule has 0 saturated heterocycles. The first-order chi connectivity index (χ1) is 14.3. The first kappa shape index (κ1) is 21.1. The van der Waals surface area contributed by atoms with Crippen molar-refractivity contribution >= 4 is 17.5 Å². The standard InChI is InChI=1S/C23H19F3N2O2/c24-23(25,26)18-11-13-19(14-12-18)27-22(30)20(15-16-7-3-1-4-8-16)28-21(29)17-9-5-2-6-10-17/h1-14,20H,15H2,(H,27,30)(H,28,29)/t20-/m1/s1. The van der Waals surface area contributed by atoms with Gasteiger partial charge in [0.05, 0.1) is 5.56 Å². The molecule has 0 heterocycles. The van der Waals surface area contributed by atoms with Crippen molar-refractivity contribution < 1.29 is 22.8 Å². The van der Waals surface area contributed by atoms with E-state index in [0.717, 1.165) is 17.7 Å². The third kappa shape index (κ3) is 5.70. The van der Waals surface area contributed by atoms with Crippen LogP contribution >= 0.6 is 0 Å². The summed E-state index contributed by atoms with van der Waals surface area (Å²) in [5.74, 6) is -0.943. The molecule has 2 N–H and O–H groups in total. The van der Waals surface area contributed by atoms with E-state index in [-0.39, 0.29) is 12.1 Å². The summed E-state index contributed by atoms with van der Waals surface area (Å²) in [7, 11) is 0. The van der Waals surface area contributed by atoms with Crippen LogP contribution in [0.1, 0.15) is 21.5 Å². The van der Waals surface area contributed by atoms with Gasteiger partial charge in [-0.25, -0.2) is 0 Å². The lowest BCUT2D eigenvalue weighted by atomic mass is 10.0. The van der Waals surface area contributed by atoms with Gasteiger partial charge in [0.25, 0.3) is 5.91 Å². The van der Waals surface area contributed by atoms with Crippen molar-refractivity contribution in [2.24, 2.45) is 0 Å². The van der Waals surface area contributed by atoms with Crippen molar-refractivity contribution in [1.82, 2.24) is 5.32 Å². The summed E-state index contributed by atoms with van der Waals surface area (Å²) < 4.78 is 38.2. The number of alkyl halides is 3. The van der Waals surface area contributed by atoms with Gasteiger partial charge in [-0.1, -0.05) is 48.5 Å². The highest BCUT2D eigenvalue weighted by Gasteiger charge is 2.30. The minimum atomic E-state index is -4.46. The molecule has 3 rings (SSSR count). The van der Waals surface area contributed by atoms with Crippen LogP contribution in [0.2, 0.25) is 0 Å². The smallest absolute Gasteiger partial charge is 0.340 e. The number of carbonyl (C=O) groups excluding carboxylic acids is 2. The van der Waals surface area contributed by atoms with Gasteiger partial charge in [0, 0.05) is 17.7 Å². The van der Waals surface area contributed by atoms with Crippen LogP contribution in [0.4, 0.5) is 18.9 Å². The van der Waals surface area contributed by atoms with E-state index in [9.17, 15) is 22.8 Å². The van der Waals surface area contributed by atoms with Crippen LogP contribution in [0.15, 0.2) is 84.9 Å². The molecule has 0 aromatic heterocycles. The zero-order valence-corrected chi connectivity index (χ0v) is 15.8. The normalized spacial score (nSPS) is 12.1. The van der Waals surface area contributed by atoms with Crippen LogP contribution in [0.3, 0.4) is 0 Å². The zero-order chi connectivity index (χ0) is 21.6. The Labute approximate surface area is 171 Å². The Morgan fingerprint density at radius 3 is 1.93 bits per heavy atom. The summed E-state index contributed by atoms with van der Waals surface area (Å²) in [6, 6.07) is 20.8. The van der Waals surface area contributed by atoms with E-state index < -0.39 is 29.6 Å². The van der Waals surface area contributed by atoms with Crippen LogP contribution in [-0.2, 0) is 17.4 Å². The van der Waals surface area contributed by atoms with Gasteiger partial charge in [0.2, 0.25) is 5.91 Å². The molecule has 3 aromatic carbocycles. The van der Waals surface area contributed by atoms with Crippen LogP contribution in [0.25, 0.3) is 0 Å². The monoisotopic (exact) mass is 412 g/mol. The lowest BCUT2D eigenvalue weighted by molar-refractivity contribution is -0.137. The van der Waals surface area contributed by atoms with Crippen molar-refractivity contribution in [2.75, 3.05) is 5.32 Å². The molecule has 30 heavy (non-hydrogen) atoms. The van der Waals surface area contributed by atoms with Gasteiger partial charge >= 0.3 is 6.18 Å². The van der Waals surface area contributed by atoms with Crippen molar-refractivity contribution in [2.45, 2.75) is 18.6 Å². The van der Waals surface area contributed by atoms with E-state index in [2.05, 4.69) is 10.6 Å². The highest BCUT2D eigenvalue weighted by Crippen LogP contribution is 2.29. The second kappa shape index (κ2) is 9.26. The number of benzene rings is 3. The first-order valence-electron chi connectivity index (χ1n) is 9.21. The molecule has 154 valence electrons. The Morgan fingerprint density at radius 1 is 0.800 bits per heavy atom. The average Bonchev–Trinajstić information content (AvgIpc) is 2.74. The SMILES string of the molecule is O=C(N[C@H](Cc1ccccc1)C(=O)Nc1ccc(C(F)(F)F)cc1)c1ccccc1. The minimum Gasteiger partial charge on any atom is -0.340 e. The van der Waals surface area contributed by atoms with Crippen molar-refractivity contribution in [1.29, 1.82) is 0 Å². The van der Waals surface area contributed by atoms with Gasteiger partial charge < -0.3 is 10.6 Å². The van der Waals surface area contributed by atoms with Gasteiger partial charge in [0.1, 0.15) is 6.04 Å². The number of anilines is 1. The zero-order valence-electron chi connectivity index (χ0n) is 15.8. The fourth-order valence-corrected chi connectivity index (χ4v) is 2.86. The lowest BCUT2D eigenvalue weighted by Gasteiger charge is -2.19. The Kier molecular flexibility index (Phi) is 6.51. The van der Waals surface area contributed by atoms with Crippen molar-refractivity contribution in [3.8, 4) is 0 Å². The van der Waals surface area contributed by atoms with Crippen LogP contribution in [0.5, 0.6) is 0 Å². The fourth-order valence-electron chi connectivity index (χ4n) is 2.86. The molecule has 0 unspecified atom stereocenters. The maximum Gasteiger partial charge on any atom is 0.416 e. The van der Waals surface area contributed by atoms with E-state index >= 15 is 0 Å². The molecule has 0 spiro atoms. The maximum absolute atomic E-state index is 12.8. The van der Waals surface area contributed by atoms with Gasteiger partial charge in [-0.05, 0) is 42.0 Å². The van der Waals surface area contributed by atoms with Gasteiger partial charge in [-0.2, -0.15) is 13.2 Å². The number of nitrogens with one attached hydrogen (secondary N) is 2. The Bertz CT molecular complexity index is 988. The third-order valence-electron chi connectivity index (χ3n) is 4.42. The topological polar surface area (TPSA) is 58.2 Å². The van der Waals surface area contributed by atoms with E-state index in [0.29, 0.717) is 5.56 Å². The summed E-state index contributed by atoms with van der Waals surface area (Å²) in [5.41, 5.74) is 0.634. The van der Waals surface area contributed by atoms with E-state index in [4.69, 9.17) is 0 Å². The van der Waals surface area contributed by atoms with E-state index in [1.807, 2.05) is 30.3 Å². The van der Waals surface area contributed by atoms with Crippen LogP contribution in [-0.4, -0.2) is 17.9 Å². The fraction of sp³-hybridized carbons (Fsp3) is 0.130. The molecule has 7 heteroatoms. The second-order valence-corrected chi connectivity index (χ2v) is 6.65. The predicted octanol–water partition coefficient (Wildman–Crippen LogP) is 4.69. The molecule has 0 aliphatic carbocycles. The molecule has 0 aliphatic heterocycles. The molecule has 0 fully saturated rings. The van der Waals surface area contributed by atoms with E-state index in [1.165, 1.54) is 12.1 Å². The highest BCUT2D eigenvalue weighted by molar-refractivity contribution is 6.01. The Morgan fingerprint density at radius 2 is 1.37 bits per heavy atom. The van der Waals surface area contributed by atoms with Gasteiger partial charge in [-0.3, -0.25) is 9.59 Å². The number of hydrogen-bond donors (Lipinski definition) is 2. The number of rotatable bonds is 6. The van der Waals surface area contributed by atoms with E-state index in [1.54, 1.807) is 30.3 Å². The van der Waals surface area contributed by atoms with Gasteiger partial charge in [-0.15, -0.1) is 0 Å². The van der Waals surface area contributed by atoms with Crippen LogP contribution in [0, 0.1) is 0 Å². The number of hydrogen-bond acceptors (Lipinski definition) is 2. The van der Waals surface area contributed by atoms with Crippen LogP contribution < -0.4 is 10.6 Å². The average molecular weight is 412 g/mol. The van der Waals surface area contributed by atoms with Crippen molar-refractivity contribution in [3.05, 3.63) is 102 Å². The number of carbonyl (C=O) groups is 2. The summed E-state index contributed by atoms with van der Waals surface area (Å²) in [6.07, 6.45) is -4.23. The number of amides is 2. The van der Waals surface area contributed by atoms with Gasteiger partial charge in [0.15, 0.2) is 0 Å². The predicted molar refractivity (Wildman–Crippen MR) is 108 cm³/mol. The first-order valence-corrected chi connectivity index (χ1v) is 9.21. The minimum absolute atomic E-state index is 0.208. The molecule has 4 nitrogen and oxygen atoms in total. The third-order valence-corrected chi connectivity index (χ3v) is 4.42. The molecule has 3 aromatic rings. The molecule has 0 saturated carbocycles. The van der Waals surface area contributed by atoms with Crippen molar-refractivity contribution in [3.63, 3.8) is 0 Å². The number of halogens is 3.